The van der Waals surface area contributed by atoms with E-state index in [4.69, 9.17) is 5.11 Å². The number of hydrogen-bond acceptors (Lipinski definition) is 3. The van der Waals surface area contributed by atoms with Crippen molar-refractivity contribution in [2.75, 3.05) is 6.54 Å². The van der Waals surface area contributed by atoms with Gasteiger partial charge in [0, 0.05) is 6.54 Å². The molecule has 1 aliphatic rings. The Morgan fingerprint density at radius 1 is 1.50 bits per heavy atom. The van der Waals surface area contributed by atoms with E-state index in [0.29, 0.717) is 0 Å². The van der Waals surface area contributed by atoms with Crippen LogP contribution in [0.4, 0.5) is 0 Å². The maximum absolute atomic E-state index is 10.4. The fraction of sp³-hybridized carbons (Fsp3) is 0.800. The SMILES string of the molecule is C/C(=N/NCCC1CCCC1)C(=O)O. The van der Waals surface area contributed by atoms with Gasteiger partial charge in [-0.1, -0.05) is 25.7 Å². The van der Waals surface area contributed by atoms with Crippen LogP contribution in [0.25, 0.3) is 0 Å². The number of rotatable bonds is 5. The topological polar surface area (TPSA) is 61.7 Å². The summed E-state index contributed by atoms with van der Waals surface area (Å²) in [7, 11) is 0. The Morgan fingerprint density at radius 3 is 2.71 bits per heavy atom. The zero-order chi connectivity index (χ0) is 10.4. The lowest BCUT2D eigenvalue weighted by Gasteiger charge is -2.07. The Labute approximate surface area is 84.4 Å². The van der Waals surface area contributed by atoms with E-state index in [1.54, 1.807) is 0 Å². The van der Waals surface area contributed by atoms with E-state index in [0.717, 1.165) is 18.9 Å². The van der Waals surface area contributed by atoms with Gasteiger partial charge in [-0.2, -0.15) is 5.10 Å². The summed E-state index contributed by atoms with van der Waals surface area (Å²) in [6, 6.07) is 0. The van der Waals surface area contributed by atoms with Gasteiger partial charge in [0.25, 0.3) is 0 Å². The number of hydrazone groups is 1. The van der Waals surface area contributed by atoms with Gasteiger partial charge < -0.3 is 10.5 Å². The molecule has 1 saturated carbocycles. The van der Waals surface area contributed by atoms with Crippen molar-refractivity contribution in [1.29, 1.82) is 0 Å². The monoisotopic (exact) mass is 198 g/mol. The molecular weight excluding hydrogens is 180 g/mol. The van der Waals surface area contributed by atoms with Gasteiger partial charge in [0.1, 0.15) is 5.71 Å². The fourth-order valence-electron chi connectivity index (χ4n) is 1.79. The normalized spacial score (nSPS) is 18.5. The first-order valence-electron chi connectivity index (χ1n) is 5.20. The molecular formula is C10H18N2O2. The highest BCUT2D eigenvalue weighted by Crippen LogP contribution is 2.26. The molecule has 0 aromatic heterocycles. The molecule has 2 N–H and O–H groups in total. The van der Waals surface area contributed by atoms with Crippen molar-refractivity contribution in [3.05, 3.63) is 0 Å². The van der Waals surface area contributed by atoms with Crippen LogP contribution in [0.3, 0.4) is 0 Å². The van der Waals surface area contributed by atoms with Crippen molar-refractivity contribution in [2.24, 2.45) is 11.0 Å². The van der Waals surface area contributed by atoms with Gasteiger partial charge in [0.15, 0.2) is 0 Å². The van der Waals surface area contributed by atoms with E-state index < -0.39 is 5.97 Å². The Morgan fingerprint density at radius 2 is 2.14 bits per heavy atom. The molecule has 1 aliphatic carbocycles. The molecule has 80 valence electrons. The molecule has 0 bridgehead atoms. The lowest BCUT2D eigenvalue weighted by molar-refractivity contribution is -0.129. The molecule has 0 saturated heterocycles. The Balaban J connectivity index is 2.09. The molecule has 0 unspecified atom stereocenters. The summed E-state index contributed by atoms with van der Waals surface area (Å²) in [5, 5.41) is 12.3. The van der Waals surface area contributed by atoms with Crippen LogP contribution in [0.15, 0.2) is 5.10 Å². The van der Waals surface area contributed by atoms with Gasteiger partial charge in [-0.15, -0.1) is 0 Å². The summed E-state index contributed by atoms with van der Waals surface area (Å²) >= 11 is 0. The summed E-state index contributed by atoms with van der Waals surface area (Å²) in [5.41, 5.74) is 2.92. The standard InChI is InChI=1S/C10H18N2O2/c1-8(10(13)14)12-11-7-6-9-4-2-3-5-9/h9,11H,2-7H2,1H3,(H,13,14)/b12-8-. The third-order valence-electron chi connectivity index (χ3n) is 2.70. The number of carbonyl (C=O) groups is 1. The predicted molar refractivity (Wildman–Crippen MR) is 55.3 cm³/mol. The minimum absolute atomic E-state index is 0.122. The average molecular weight is 198 g/mol. The second kappa shape index (κ2) is 5.62. The first kappa shape index (κ1) is 11.0. The Kier molecular flexibility index (Phi) is 4.43. The summed E-state index contributed by atoms with van der Waals surface area (Å²) < 4.78 is 0. The molecule has 4 heteroatoms. The molecule has 0 amide bonds. The zero-order valence-electron chi connectivity index (χ0n) is 8.62. The summed E-state index contributed by atoms with van der Waals surface area (Å²) in [6.07, 6.45) is 6.45. The van der Waals surface area contributed by atoms with E-state index in [2.05, 4.69) is 10.5 Å². The number of carboxylic acid groups (broad SMARTS) is 1. The lowest BCUT2D eigenvalue weighted by Crippen LogP contribution is -2.17. The van der Waals surface area contributed by atoms with E-state index in [-0.39, 0.29) is 5.71 Å². The van der Waals surface area contributed by atoms with E-state index in [1.165, 1.54) is 32.6 Å². The first-order chi connectivity index (χ1) is 6.70. The van der Waals surface area contributed by atoms with Crippen LogP contribution >= 0.6 is 0 Å². The molecule has 14 heavy (non-hydrogen) atoms. The molecule has 0 spiro atoms. The number of nitrogens with zero attached hydrogens (tertiary/aromatic N) is 1. The molecule has 1 rings (SSSR count). The smallest absolute Gasteiger partial charge is 0.351 e. The van der Waals surface area contributed by atoms with E-state index in [1.807, 2.05) is 0 Å². The van der Waals surface area contributed by atoms with Crippen LogP contribution in [-0.2, 0) is 4.79 Å². The van der Waals surface area contributed by atoms with Crippen LogP contribution in [0, 0.1) is 5.92 Å². The third-order valence-corrected chi connectivity index (χ3v) is 2.70. The molecule has 0 aliphatic heterocycles. The van der Waals surface area contributed by atoms with Crippen molar-refractivity contribution in [3.8, 4) is 0 Å². The largest absolute Gasteiger partial charge is 0.477 e. The molecule has 0 atom stereocenters. The van der Waals surface area contributed by atoms with E-state index >= 15 is 0 Å². The second-order valence-corrected chi connectivity index (χ2v) is 3.85. The lowest BCUT2D eigenvalue weighted by atomic mass is 10.1. The van der Waals surface area contributed by atoms with Crippen molar-refractivity contribution >= 4 is 11.7 Å². The molecule has 0 heterocycles. The van der Waals surface area contributed by atoms with Gasteiger partial charge in [-0.25, -0.2) is 4.79 Å². The third kappa shape index (κ3) is 3.77. The van der Waals surface area contributed by atoms with Crippen LogP contribution < -0.4 is 5.43 Å². The minimum Gasteiger partial charge on any atom is -0.477 e. The summed E-state index contributed by atoms with van der Waals surface area (Å²) in [4.78, 5) is 10.4. The Bertz CT molecular complexity index is 220. The number of hydrogen-bond donors (Lipinski definition) is 2. The quantitative estimate of drug-likeness (QED) is 0.401. The summed E-state index contributed by atoms with van der Waals surface area (Å²) in [5.74, 6) is -0.138. The van der Waals surface area contributed by atoms with Gasteiger partial charge in [-0.3, -0.25) is 0 Å². The number of aliphatic carboxylic acids is 1. The minimum atomic E-state index is -0.960. The summed E-state index contributed by atoms with van der Waals surface area (Å²) in [6.45, 7) is 2.28. The molecule has 1 fully saturated rings. The van der Waals surface area contributed by atoms with Gasteiger partial charge in [-0.05, 0) is 19.3 Å². The molecule has 0 aromatic rings. The van der Waals surface area contributed by atoms with Crippen molar-refractivity contribution < 1.29 is 9.90 Å². The zero-order valence-corrected chi connectivity index (χ0v) is 8.62. The molecule has 4 nitrogen and oxygen atoms in total. The van der Waals surface area contributed by atoms with Gasteiger partial charge >= 0.3 is 5.97 Å². The van der Waals surface area contributed by atoms with Crippen LogP contribution in [0.5, 0.6) is 0 Å². The number of carboxylic acids is 1. The highest BCUT2D eigenvalue weighted by Gasteiger charge is 2.13. The predicted octanol–water partition coefficient (Wildman–Crippen LogP) is 1.62. The van der Waals surface area contributed by atoms with Crippen LogP contribution in [-0.4, -0.2) is 23.3 Å². The van der Waals surface area contributed by atoms with Crippen molar-refractivity contribution in [3.63, 3.8) is 0 Å². The number of nitrogens with one attached hydrogen (secondary N) is 1. The second-order valence-electron chi connectivity index (χ2n) is 3.85. The first-order valence-corrected chi connectivity index (χ1v) is 5.20. The van der Waals surface area contributed by atoms with Crippen molar-refractivity contribution in [2.45, 2.75) is 39.0 Å². The van der Waals surface area contributed by atoms with Crippen LogP contribution in [0.2, 0.25) is 0 Å². The fourth-order valence-corrected chi connectivity index (χ4v) is 1.79. The average Bonchev–Trinajstić information content (AvgIpc) is 2.64. The van der Waals surface area contributed by atoms with Gasteiger partial charge in [0.05, 0.1) is 0 Å². The highest BCUT2D eigenvalue weighted by atomic mass is 16.4. The van der Waals surface area contributed by atoms with Crippen LogP contribution in [0.1, 0.15) is 39.0 Å². The van der Waals surface area contributed by atoms with E-state index in [9.17, 15) is 4.79 Å². The molecule has 0 radical (unpaired) electrons. The highest BCUT2D eigenvalue weighted by molar-refractivity contribution is 6.34. The van der Waals surface area contributed by atoms with Gasteiger partial charge in [0.2, 0.25) is 0 Å². The molecule has 0 aromatic carbocycles. The maximum Gasteiger partial charge on any atom is 0.351 e. The Hall–Kier alpha value is -1.06. The van der Waals surface area contributed by atoms with Crippen molar-refractivity contribution in [1.82, 2.24) is 5.43 Å². The maximum atomic E-state index is 10.4.